The number of hydrogen-bond acceptors (Lipinski definition) is 3. The molecule has 20 heavy (non-hydrogen) atoms. The molecule has 1 aromatic rings. The molecule has 0 unspecified atom stereocenters. The van der Waals surface area contributed by atoms with Crippen LogP contribution in [0.5, 0.6) is 5.75 Å². The summed E-state index contributed by atoms with van der Waals surface area (Å²) in [4.78, 5) is 0. The molecule has 1 heterocycles. The zero-order valence-electron chi connectivity index (χ0n) is 12.8. The van der Waals surface area contributed by atoms with E-state index in [1.807, 2.05) is 6.07 Å². The van der Waals surface area contributed by atoms with Gasteiger partial charge in [-0.05, 0) is 41.7 Å². The minimum absolute atomic E-state index is 0.152. The monoisotopic (exact) mass is 294 g/mol. The lowest BCUT2D eigenvalue weighted by Crippen LogP contribution is -2.36. The van der Waals surface area contributed by atoms with Crippen LogP contribution in [-0.4, -0.2) is 25.6 Å². The Balaban J connectivity index is 2.03. The molecule has 0 amide bonds. The van der Waals surface area contributed by atoms with E-state index in [-0.39, 0.29) is 10.8 Å². The highest BCUT2D eigenvalue weighted by atomic mass is 32.1. The first kappa shape index (κ1) is 15.7. The van der Waals surface area contributed by atoms with E-state index in [0.717, 1.165) is 44.2 Å². The van der Waals surface area contributed by atoms with E-state index < -0.39 is 0 Å². The summed E-state index contributed by atoms with van der Waals surface area (Å²) < 4.78 is 11.5. The van der Waals surface area contributed by atoms with Crippen molar-refractivity contribution in [2.24, 2.45) is 5.41 Å². The first-order valence-corrected chi connectivity index (χ1v) is 8.00. The maximum atomic E-state index is 6.07. The van der Waals surface area contributed by atoms with Gasteiger partial charge < -0.3 is 9.47 Å². The summed E-state index contributed by atoms with van der Waals surface area (Å²) in [5, 5.41) is 0. The van der Waals surface area contributed by atoms with Crippen molar-refractivity contribution >= 4 is 12.6 Å². The predicted molar refractivity (Wildman–Crippen MR) is 87.0 cm³/mol. The number of ether oxygens (including phenoxy) is 2. The second kappa shape index (κ2) is 6.40. The molecule has 0 N–H and O–H groups in total. The Hall–Kier alpha value is -0.670. The molecule has 0 bridgehead atoms. The molecule has 2 nitrogen and oxygen atoms in total. The number of hydrogen-bond donors (Lipinski definition) is 1. The van der Waals surface area contributed by atoms with Crippen LogP contribution in [0.15, 0.2) is 24.3 Å². The molecule has 1 aliphatic heterocycles. The van der Waals surface area contributed by atoms with Crippen LogP contribution in [0, 0.1) is 5.41 Å². The smallest absolute Gasteiger partial charge is 0.119 e. The third kappa shape index (κ3) is 3.92. The second-order valence-electron chi connectivity index (χ2n) is 6.84. The molecule has 0 aliphatic carbocycles. The summed E-state index contributed by atoms with van der Waals surface area (Å²) in [6, 6.07) is 8.44. The van der Waals surface area contributed by atoms with Crippen LogP contribution in [0.2, 0.25) is 0 Å². The molecule has 1 saturated heterocycles. The minimum atomic E-state index is 0.152. The summed E-state index contributed by atoms with van der Waals surface area (Å²) in [6.07, 6.45) is 2.07. The highest BCUT2D eigenvalue weighted by molar-refractivity contribution is 7.80. The summed E-state index contributed by atoms with van der Waals surface area (Å²) in [5.41, 5.74) is 1.63. The van der Waals surface area contributed by atoms with Crippen LogP contribution < -0.4 is 4.74 Å². The Bertz CT molecular complexity index is 431. The van der Waals surface area contributed by atoms with E-state index in [9.17, 15) is 0 Å². The van der Waals surface area contributed by atoms with Crippen molar-refractivity contribution in [2.45, 2.75) is 39.0 Å². The summed E-state index contributed by atoms with van der Waals surface area (Å²) in [5.74, 6) is 1.82. The van der Waals surface area contributed by atoms with E-state index >= 15 is 0 Å². The van der Waals surface area contributed by atoms with Gasteiger partial charge in [-0.1, -0.05) is 32.9 Å². The number of benzene rings is 1. The maximum absolute atomic E-state index is 6.07. The molecular weight excluding hydrogens is 268 g/mol. The molecule has 0 radical (unpaired) electrons. The molecule has 0 spiro atoms. The quantitative estimate of drug-likeness (QED) is 0.843. The van der Waals surface area contributed by atoms with Gasteiger partial charge in [0.2, 0.25) is 0 Å². The van der Waals surface area contributed by atoms with Crippen molar-refractivity contribution in [2.75, 3.05) is 25.6 Å². The Morgan fingerprint density at radius 2 is 1.95 bits per heavy atom. The topological polar surface area (TPSA) is 18.5 Å². The fourth-order valence-corrected chi connectivity index (χ4v) is 2.85. The van der Waals surface area contributed by atoms with Crippen LogP contribution in [0.1, 0.15) is 39.2 Å². The average Bonchev–Trinajstić information content (AvgIpc) is 2.46. The van der Waals surface area contributed by atoms with E-state index in [1.54, 1.807) is 0 Å². The SMILES string of the molecule is CC(C)(C)c1cccc(OCC2(CS)CCOCC2)c1. The molecule has 0 saturated carbocycles. The number of thiol groups is 1. The van der Waals surface area contributed by atoms with Crippen LogP contribution in [0.3, 0.4) is 0 Å². The second-order valence-corrected chi connectivity index (χ2v) is 7.15. The van der Waals surface area contributed by atoms with Crippen molar-refractivity contribution in [3.8, 4) is 5.75 Å². The Labute approximate surface area is 128 Å². The Morgan fingerprint density at radius 1 is 1.25 bits per heavy atom. The first-order valence-electron chi connectivity index (χ1n) is 7.37. The molecule has 1 aliphatic rings. The van der Waals surface area contributed by atoms with Gasteiger partial charge in [0.05, 0.1) is 6.61 Å². The van der Waals surface area contributed by atoms with Crippen molar-refractivity contribution in [1.29, 1.82) is 0 Å². The predicted octanol–water partition coefficient (Wildman–Crippen LogP) is 4.09. The fraction of sp³-hybridized carbons (Fsp3) is 0.647. The highest BCUT2D eigenvalue weighted by Gasteiger charge is 2.32. The molecule has 0 aromatic heterocycles. The third-order valence-corrected chi connectivity index (χ3v) is 4.80. The van der Waals surface area contributed by atoms with Gasteiger partial charge in [-0.25, -0.2) is 0 Å². The zero-order chi connectivity index (χ0) is 14.6. The van der Waals surface area contributed by atoms with Crippen molar-refractivity contribution in [3.05, 3.63) is 29.8 Å². The molecule has 1 aromatic carbocycles. The summed E-state index contributed by atoms with van der Waals surface area (Å²) in [6.45, 7) is 9.05. The zero-order valence-corrected chi connectivity index (χ0v) is 13.7. The van der Waals surface area contributed by atoms with E-state index in [2.05, 4.69) is 51.6 Å². The largest absolute Gasteiger partial charge is 0.493 e. The van der Waals surface area contributed by atoms with E-state index in [0.29, 0.717) is 0 Å². The standard InChI is InChI=1S/C17H26O2S/c1-16(2,3)14-5-4-6-15(11-14)19-12-17(13-20)7-9-18-10-8-17/h4-6,11,20H,7-10,12-13H2,1-3H3. The fourth-order valence-electron chi connectivity index (χ4n) is 2.44. The maximum Gasteiger partial charge on any atom is 0.119 e. The lowest BCUT2D eigenvalue weighted by atomic mass is 9.83. The minimum Gasteiger partial charge on any atom is -0.493 e. The summed E-state index contributed by atoms with van der Waals surface area (Å²) >= 11 is 4.53. The van der Waals surface area contributed by atoms with Crippen LogP contribution in [0.4, 0.5) is 0 Å². The normalized spacial score (nSPS) is 18.8. The van der Waals surface area contributed by atoms with Gasteiger partial charge in [0.15, 0.2) is 0 Å². The molecule has 3 heteroatoms. The molecule has 2 rings (SSSR count). The van der Waals surface area contributed by atoms with Gasteiger partial charge in [-0.2, -0.15) is 12.6 Å². The highest BCUT2D eigenvalue weighted by Crippen LogP contribution is 2.33. The average molecular weight is 294 g/mol. The lowest BCUT2D eigenvalue weighted by molar-refractivity contribution is 0.00309. The van der Waals surface area contributed by atoms with Gasteiger partial charge in [0.1, 0.15) is 5.75 Å². The summed E-state index contributed by atoms with van der Waals surface area (Å²) in [7, 11) is 0. The van der Waals surface area contributed by atoms with Gasteiger partial charge in [0.25, 0.3) is 0 Å². The van der Waals surface area contributed by atoms with E-state index in [4.69, 9.17) is 9.47 Å². The van der Waals surface area contributed by atoms with Gasteiger partial charge >= 0.3 is 0 Å². The van der Waals surface area contributed by atoms with Gasteiger partial charge in [-0.15, -0.1) is 0 Å². The van der Waals surface area contributed by atoms with Crippen molar-refractivity contribution < 1.29 is 9.47 Å². The Kier molecular flexibility index (Phi) is 5.03. The Morgan fingerprint density at radius 3 is 2.55 bits per heavy atom. The number of rotatable bonds is 4. The molecule has 112 valence electrons. The molecular formula is C17H26O2S. The molecule has 0 atom stereocenters. The van der Waals surface area contributed by atoms with Crippen LogP contribution in [-0.2, 0) is 10.2 Å². The first-order chi connectivity index (χ1) is 9.45. The molecule has 1 fully saturated rings. The van der Waals surface area contributed by atoms with E-state index in [1.165, 1.54) is 5.56 Å². The third-order valence-electron chi connectivity index (χ3n) is 4.13. The van der Waals surface area contributed by atoms with Crippen molar-refractivity contribution in [3.63, 3.8) is 0 Å². The van der Waals surface area contributed by atoms with Gasteiger partial charge in [0, 0.05) is 18.6 Å². The lowest BCUT2D eigenvalue weighted by Gasteiger charge is -2.35. The van der Waals surface area contributed by atoms with Gasteiger partial charge in [-0.3, -0.25) is 0 Å². The van der Waals surface area contributed by atoms with Crippen LogP contribution >= 0.6 is 12.6 Å². The van der Waals surface area contributed by atoms with Crippen molar-refractivity contribution in [1.82, 2.24) is 0 Å². The van der Waals surface area contributed by atoms with Crippen LogP contribution in [0.25, 0.3) is 0 Å².